The van der Waals surface area contributed by atoms with Crippen LogP contribution in [0, 0.1) is 0 Å². The molecule has 0 spiro atoms. The van der Waals surface area contributed by atoms with E-state index in [0.29, 0.717) is 12.1 Å². The van der Waals surface area contributed by atoms with E-state index in [1.54, 1.807) is 0 Å². The standard InChI is InChI=1S/C13H18N2O3/c1-15(2)9-3-8-14-12(16)10-4-6-11(7-5-10)13(17)18/h4-7H,3,8-9H2,1-2H3,(H,14,16)(H,17,18). The van der Waals surface area contributed by atoms with Gasteiger partial charge in [0.05, 0.1) is 5.56 Å². The molecule has 0 atom stereocenters. The first-order valence-corrected chi connectivity index (χ1v) is 5.77. The molecule has 5 heteroatoms. The minimum absolute atomic E-state index is 0.175. The van der Waals surface area contributed by atoms with Crippen molar-refractivity contribution in [3.8, 4) is 0 Å². The molecule has 1 aromatic carbocycles. The summed E-state index contributed by atoms with van der Waals surface area (Å²) < 4.78 is 0. The Balaban J connectivity index is 2.44. The SMILES string of the molecule is CN(C)CCCNC(=O)c1ccc(C(=O)O)cc1. The third kappa shape index (κ3) is 4.55. The summed E-state index contributed by atoms with van der Waals surface area (Å²) in [5.74, 6) is -1.17. The van der Waals surface area contributed by atoms with Crippen molar-refractivity contribution >= 4 is 11.9 Å². The quantitative estimate of drug-likeness (QED) is 0.741. The molecule has 0 fully saturated rings. The molecule has 1 rings (SSSR count). The van der Waals surface area contributed by atoms with Crippen molar-refractivity contribution in [3.63, 3.8) is 0 Å². The molecule has 5 nitrogen and oxygen atoms in total. The Bertz CT molecular complexity index is 413. The van der Waals surface area contributed by atoms with Crippen molar-refractivity contribution in [1.82, 2.24) is 10.2 Å². The Hall–Kier alpha value is -1.88. The zero-order chi connectivity index (χ0) is 13.5. The number of hydrogen-bond donors (Lipinski definition) is 2. The molecule has 0 aliphatic carbocycles. The van der Waals surface area contributed by atoms with Gasteiger partial charge in [-0.05, 0) is 51.3 Å². The Kier molecular flexibility index (Phi) is 5.32. The van der Waals surface area contributed by atoms with E-state index >= 15 is 0 Å². The van der Waals surface area contributed by atoms with Crippen molar-refractivity contribution in [3.05, 3.63) is 35.4 Å². The van der Waals surface area contributed by atoms with Gasteiger partial charge in [0.1, 0.15) is 0 Å². The maximum Gasteiger partial charge on any atom is 0.335 e. The third-order valence-corrected chi connectivity index (χ3v) is 2.46. The lowest BCUT2D eigenvalue weighted by Gasteiger charge is -2.09. The fourth-order valence-corrected chi connectivity index (χ4v) is 1.46. The number of carbonyl (C=O) groups excluding carboxylic acids is 1. The largest absolute Gasteiger partial charge is 0.478 e. The van der Waals surface area contributed by atoms with Gasteiger partial charge >= 0.3 is 5.97 Å². The van der Waals surface area contributed by atoms with Crippen LogP contribution in [0.3, 0.4) is 0 Å². The Morgan fingerprint density at radius 3 is 2.22 bits per heavy atom. The summed E-state index contributed by atoms with van der Waals surface area (Å²) in [7, 11) is 3.96. The van der Waals surface area contributed by atoms with E-state index in [1.807, 2.05) is 19.0 Å². The second-order valence-electron chi connectivity index (χ2n) is 4.30. The van der Waals surface area contributed by atoms with Crippen LogP contribution in [0.5, 0.6) is 0 Å². The van der Waals surface area contributed by atoms with Crippen LogP contribution in [0.1, 0.15) is 27.1 Å². The van der Waals surface area contributed by atoms with Gasteiger partial charge in [-0.15, -0.1) is 0 Å². The van der Waals surface area contributed by atoms with Gasteiger partial charge in [0.25, 0.3) is 5.91 Å². The van der Waals surface area contributed by atoms with Gasteiger partial charge in [-0.1, -0.05) is 0 Å². The predicted molar refractivity (Wildman–Crippen MR) is 68.9 cm³/mol. The van der Waals surface area contributed by atoms with Crippen LogP contribution in [0.25, 0.3) is 0 Å². The van der Waals surface area contributed by atoms with E-state index in [2.05, 4.69) is 5.32 Å². The molecule has 0 saturated heterocycles. The van der Waals surface area contributed by atoms with Crippen molar-refractivity contribution < 1.29 is 14.7 Å². The number of benzene rings is 1. The van der Waals surface area contributed by atoms with Gasteiger partial charge in [0.2, 0.25) is 0 Å². The van der Waals surface area contributed by atoms with Crippen LogP contribution in [0.15, 0.2) is 24.3 Å². The molecule has 0 aliphatic rings. The van der Waals surface area contributed by atoms with Crippen LogP contribution in [0.2, 0.25) is 0 Å². The first-order valence-electron chi connectivity index (χ1n) is 5.77. The summed E-state index contributed by atoms with van der Waals surface area (Å²) >= 11 is 0. The summed E-state index contributed by atoms with van der Waals surface area (Å²) in [5, 5.41) is 11.5. The number of carboxylic acid groups (broad SMARTS) is 1. The maximum atomic E-state index is 11.7. The molecular formula is C13H18N2O3. The van der Waals surface area contributed by atoms with Gasteiger partial charge < -0.3 is 15.3 Å². The number of carboxylic acids is 1. The Morgan fingerprint density at radius 1 is 1.17 bits per heavy atom. The van der Waals surface area contributed by atoms with Crippen molar-refractivity contribution in [2.75, 3.05) is 27.2 Å². The molecule has 2 N–H and O–H groups in total. The van der Waals surface area contributed by atoms with Crippen LogP contribution in [-0.4, -0.2) is 49.1 Å². The lowest BCUT2D eigenvalue weighted by Crippen LogP contribution is -2.27. The predicted octanol–water partition coefficient (Wildman–Crippen LogP) is 1.07. The van der Waals surface area contributed by atoms with E-state index < -0.39 is 5.97 Å². The molecular weight excluding hydrogens is 232 g/mol. The van der Waals surface area contributed by atoms with Gasteiger partial charge in [0, 0.05) is 12.1 Å². The van der Waals surface area contributed by atoms with Gasteiger partial charge in [-0.25, -0.2) is 4.79 Å². The average Bonchev–Trinajstić information content (AvgIpc) is 2.34. The Morgan fingerprint density at radius 2 is 1.72 bits per heavy atom. The minimum Gasteiger partial charge on any atom is -0.478 e. The molecule has 0 heterocycles. The number of hydrogen-bond acceptors (Lipinski definition) is 3. The lowest BCUT2D eigenvalue weighted by molar-refractivity contribution is 0.0696. The van der Waals surface area contributed by atoms with Crippen molar-refractivity contribution in [2.45, 2.75) is 6.42 Å². The summed E-state index contributed by atoms with van der Waals surface area (Å²) in [5.41, 5.74) is 0.656. The van der Waals surface area contributed by atoms with E-state index in [0.717, 1.165) is 13.0 Å². The van der Waals surface area contributed by atoms with Crippen LogP contribution in [-0.2, 0) is 0 Å². The maximum absolute atomic E-state index is 11.7. The monoisotopic (exact) mass is 250 g/mol. The van der Waals surface area contributed by atoms with Gasteiger partial charge in [0.15, 0.2) is 0 Å². The molecule has 0 aromatic heterocycles. The average molecular weight is 250 g/mol. The minimum atomic E-state index is -0.993. The molecule has 1 aromatic rings. The summed E-state index contributed by atoms with van der Waals surface area (Å²) in [4.78, 5) is 24.4. The highest BCUT2D eigenvalue weighted by Gasteiger charge is 2.07. The van der Waals surface area contributed by atoms with Crippen LogP contribution >= 0.6 is 0 Å². The molecule has 0 bridgehead atoms. The zero-order valence-corrected chi connectivity index (χ0v) is 10.6. The number of aromatic carboxylic acids is 1. The number of nitrogens with zero attached hydrogens (tertiary/aromatic N) is 1. The number of nitrogens with one attached hydrogen (secondary N) is 1. The van der Waals surface area contributed by atoms with E-state index in [9.17, 15) is 9.59 Å². The van der Waals surface area contributed by atoms with Crippen molar-refractivity contribution in [1.29, 1.82) is 0 Å². The summed E-state index contributed by atoms with van der Waals surface area (Å²) in [6.45, 7) is 1.52. The summed E-state index contributed by atoms with van der Waals surface area (Å²) in [6.07, 6.45) is 0.881. The smallest absolute Gasteiger partial charge is 0.335 e. The van der Waals surface area contributed by atoms with E-state index in [4.69, 9.17) is 5.11 Å². The first-order chi connectivity index (χ1) is 8.50. The van der Waals surface area contributed by atoms with Crippen molar-refractivity contribution in [2.24, 2.45) is 0 Å². The van der Waals surface area contributed by atoms with Gasteiger partial charge in [-0.2, -0.15) is 0 Å². The normalized spacial score (nSPS) is 10.4. The molecule has 98 valence electrons. The number of rotatable bonds is 6. The highest BCUT2D eigenvalue weighted by molar-refractivity contribution is 5.95. The summed E-state index contributed by atoms with van der Waals surface area (Å²) in [6, 6.07) is 5.89. The third-order valence-electron chi connectivity index (χ3n) is 2.46. The second-order valence-corrected chi connectivity index (χ2v) is 4.30. The molecule has 18 heavy (non-hydrogen) atoms. The van der Waals surface area contributed by atoms with Crippen LogP contribution < -0.4 is 5.32 Å². The molecule has 0 unspecified atom stereocenters. The number of carbonyl (C=O) groups is 2. The van der Waals surface area contributed by atoms with E-state index in [1.165, 1.54) is 24.3 Å². The second kappa shape index (κ2) is 6.76. The number of amides is 1. The Labute approximate surface area is 106 Å². The zero-order valence-electron chi connectivity index (χ0n) is 10.6. The molecule has 1 amide bonds. The molecule has 0 aliphatic heterocycles. The molecule has 0 radical (unpaired) electrons. The lowest BCUT2D eigenvalue weighted by atomic mass is 10.1. The van der Waals surface area contributed by atoms with Crippen LogP contribution in [0.4, 0.5) is 0 Å². The van der Waals surface area contributed by atoms with E-state index in [-0.39, 0.29) is 11.5 Å². The fraction of sp³-hybridized carbons (Fsp3) is 0.385. The van der Waals surface area contributed by atoms with Gasteiger partial charge in [-0.3, -0.25) is 4.79 Å². The molecule has 0 saturated carbocycles. The topological polar surface area (TPSA) is 69.6 Å². The first kappa shape index (κ1) is 14.2. The highest BCUT2D eigenvalue weighted by atomic mass is 16.4. The highest BCUT2D eigenvalue weighted by Crippen LogP contribution is 2.04. The fourth-order valence-electron chi connectivity index (χ4n) is 1.46.